The number of likely N-dealkylation sites (tertiary alicyclic amines) is 1. The maximum absolute atomic E-state index is 13.0. The van der Waals surface area contributed by atoms with Crippen LogP contribution in [0.5, 0.6) is 5.75 Å². The molecule has 1 amide bonds. The van der Waals surface area contributed by atoms with Gasteiger partial charge >= 0.3 is 0 Å². The Bertz CT molecular complexity index is 1030. The van der Waals surface area contributed by atoms with Gasteiger partial charge < -0.3 is 20.0 Å². The fourth-order valence-corrected chi connectivity index (χ4v) is 3.67. The smallest absolute Gasteiger partial charge is 0.295 e. The first-order valence-corrected chi connectivity index (χ1v) is 9.98. The van der Waals surface area contributed by atoms with Gasteiger partial charge in [0.15, 0.2) is 0 Å². The topological polar surface area (TPSA) is 81.1 Å². The van der Waals surface area contributed by atoms with Crippen molar-refractivity contribution in [3.05, 3.63) is 69.2 Å². The van der Waals surface area contributed by atoms with E-state index in [1.165, 1.54) is 11.0 Å². The van der Waals surface area contributed by atoms with E-state index in [0.717, 1.165) is 11.1 Å². The lowest BCUT2D eigenvalue weighted by molar-refractivity contribution is -0.140. The van der Waals surface area contributed by atoms with E-state index in [-0.39, 0.29) is 22.6 Å². The van der Waals surface area contributed by atoms with Crippen LogP contribution in [-0.2, 0) is 9.59 Å². The van der Waals surface area contributed by atoms with Crippen LogP contribution in [0.3, 0.4) is 0 Å². The van der Waals surface area contributed by atoms with Gasteiger partial charge in [0.05, 0.1) is 17.2 Å². The molecule has 1 fully saturated rings. The number of aliphatic hydroxyl groups is 1. The second-order valence-electron chi connectivity index (χ2n) is 7.80. The number of aromatic hydroxyl groups is 1. The highest BCUT2D eigenvalue weighted by molar-refractivity contribution is 6.46. The van der Waals surface area contributed by atoms with Crippen molar-refractivity contribution in [3.8, 4) is 5.75 Å². The summed E-state index contributed by atoms with van der Waals surface area (Å²) >= 11 is 6.01. The van der Waals surface area contributed by atoms with Crippen LogP contribution in [-0.4, -0.2) is 58.9 Å². The van der Waals surface area contributed by atoms with E-state index in [4.69, 9.17) is 11.6 Å². The minimum Gasteiger partial charge on any atom is -0.507 e. The quantitative estimate of drug-likeness (QED) is 0.431. The molecule has 1 atom stereocenters. The average Bonchev–Trinajstić information content (AvgIpc) is 2.94. The predicted molar refractivity (Wildman–Crippen MR) is 117 cm³/mol. The first kappa shape index (κ1) is 21.9. The number of hydrogen-bond acceptors (Lipinski definition) is 5. The van der Waals surface area contributed by atoms with Gasteiger partial charge in [-0.25, -0.2) is 0 Å². The lowest BCUT2D eigenvalue weighted by atomic mass is 9.94. The highest BCUT2D eigenvalue weighted by Crippen LogP contribution is 2.41. The summed E-state index contributed by atoms with van der Waals surface area (Å²) in [6.45, 7) is 4.54. The molecule has 1 aliphatic heterocycles. The third-order valence-corrected chi connectivity index (χ3v) is 5.63. The van der Waals surface area contributed by atoms with Gasteiger partial charge in [0.2, 0.25) is 0 Å². The lowest BCUT2D eigenvalue weighted by Crippen LogP contribution is -2.35. The molecule has 0 radical (unpaired) electrons. The molecular weight excluding hydrogens is 404 g/mol. The van der Waals surface area contributed by atoms with E-state index >= 15 is 0 Å². The number of carbonyl (C=O) groups excluding carboxylic acids is 2. The molecule has 0 aliphatic carbocycles. The van der Waals surface area contributed by atoms with Crippen LogP contribution in [0.2, 0.25) is 5.02 Å². The summed E-state index contributed by atoms with van der Waals surface area (Å²) in [5.74, 6) is -1.99. The molecule has 1 heterocycles. The maximum atomic E-state index is 13.0. The minimum absolute atomic E-state index is 0.0420. The molecule has 0 spiro atoms. The Labute approximate surface area is 181 Å². The highest BCUT2D eigenvalue weighted by Gasteiger charge is 2.46. The van der Waals surface area contributed by atoms with Crippen molar-refractivity contribution in [2.24, 2.45) is 0 Å². The molecule has 2 aromatic rings. The fourth-order valence-electron chi connectivity index (χ4n) is 3.55. The number of aryl methyl sites for hydroxylation is 2. The number of aliphatic hydroxyl groups excluding tert-OH is 1. The number of Topliss-reactive ketones (excluding diaryl/α,β-unsaturated/α-hetero) is 1. The number of likely N-dealkylation sites (N-methyl/N-ethyl adjacent to an activating group) is 1. The van der Waals surface area contributed by atoms with Crippen molar-refractivity contribution in [3.63, 3.8) is 0 Å². The third kappa shape index (κ3) is 4.06. The minimum atomic E-state index is -0.775. The molecule has 1 aliphatic rings. The summed E-state index contributed by atoms with van der Waals surface area (Å²) in [5.41, 5.74) is 2.44. The van der Waals surface area contributed by atoms with Gasteiger partial charge in [-0.1, -0.05) is 23.7 Å². The van der Waals surface area contributed by atoms with Crippen LogP contribution in [0.15, 0.2) is 42.0 Å². The zero-order valence-corrected chi connectivity index (χ0v) is 18.2. The number of nitrogens with zero attached hydrogens (tertiary/aromatic N) is 2. The first-order chi connectivity index (χ1) is 14.1. The summed E-state index contributed by atoms with van der Waals surface area (Å²) in [6, 6.07) is 9.19. The number of halogens is 1. The van der Waals surface area contributed by atoms with Crippen LogP contribution in [0, 0.1) is 13.8 Å². The van der Waals surface area contributed by atoms with Gasteiger partial charge in [-0.15, -0.1) is 0 Å². The number of carbonyl (C=O) groups is 2. The zero-order valence-electron chi connectivity index (χ0n) is 17.4. The summed E-state index contributed by atoms with van der Waals surface area (Å²) in [7, 11) is 3.75. The number of ketones is 1. The van der Waals surface area contributed by atoms with Gasteiger partial charge in [0.25, 0.3) is 11.7 Å². The van der Waals surface area contributed by atoms with E-state index in [9.17, 15) is 19.8 Å². The Kier molecular flexibility index (Phi) is 6.19. The van der Waals surface area contributed by atoms with Crippen molar-refractivity contribution < 1.29 is 19.8 Å². The number of phenolic OH excluding ortho intramolecular Hbond substituents is 1. The van der Waals surface area contributed by atoms with Gasteiger partial charge in [0, 0.05) is 18.1 Å². The Hall–Kier alpha value is -2.83. The third-order valence-electron chi connectivity index (χ3n) is 5.38. The largest absolute Gasteiger partial charge is 0.507 e. The van der Waals surface area contributed by atoms with Crippen molar-refractivity contribution in [2.75, 3.05) is 27.2 Å². The molecule has 7 heteroatoms. The second-order valence-corrected chi connectivity index (χ2v) is 8.24. The summed E-state index contributed by atoms with van der Waals surface area (Å²) in [6.07, 6.45) is 0. The molecule has 0 unspecified atom stereocenters. The summed E-state index contributed by atoms with van der Waals surface area (Å²) < 4.78 is 0. The van der Waals surface area contributed by atoms with Crippen molar-refractivity contribution >= 4 is 29.1 Å². The summed E-state index contributed by atoms with van der Waals surface area (Å²) in [4.78, 5) is 29.2. The molecule has 2 N–H and O–H groups in total. The standard InChI is InChI=1S/C23H25ClN2O4/c1-13-11-17(18(27)12-14(13)2)21(28)19-20(15-5-7-16(24)8-6-15)26(10-9-25(3)4)23(30)22(19)29/h5-8,11-12,20,27-28H,9-10H2,1-4H3/t20-/m0/s1. The summed E-state index contributed by atoms with van der Waals surface area (Å²) in [5, 5.41) is 22.0. The zero-order chi connectivity index (χ0) is 22.2. The van der Waals surface area contributed by atoms with E-state index in [2.05, 4.69) is 0 Å². The van der Waals surface area contributed by atoms with Crippen molar-refractivity contribution in [1.29, 1.82) is 0 Å². The molecule has 2 aromatic carbocycles. The molecule has 0 saturated carbocycles. The average molecular weight is 429 g/mol. The monoisotopic (exact) mass is 428 g/mol. The molecule has 3 rings (SSSR count). The van der Waals surface area contributed by atoms with Gasteiger partial charge in [0.1, 0.15) is 11.5 Å². The Balaban J connectivity index is 2.20. The molecule has 30 heavy (non-hydrogen) atoms. The lowest BCUT2D eigenvalue weighted by Gasteiger charge is -2.26. The highest BCUT2D eigenvalue weighted by atomic mass is 35.5. The van der Waals surface area contributed by atoms with Crippen LogP contribution in [0.1, 0.15) is 28.3 Å². The van der Waals surface area contributed by atoms with E-state index in [0.29, 0.717) is 23.7 Å². The van der Waals surface area contributed by atoms with E-state index in [1.807, 2.05) is 32.8 Å². The Morgan fingerprint density at radius 1 is 1.10 bits per heavy atom. The number of phenols is 1. The maximum Gasteiger partial charge on any atom is 0.295 e. The van der Waals surface area contributed by atoms with Gasteiger partial charge in [-0.05, 0) is 68.9 Å². The predicted octanol–water partition coefficient (Wildman–Crippen LogP) is 3.65. The number of rotatable bonds is 5. The van der Waals surface area contributed by atoms with Crippen LogP contribution >= 0.6 is 11.6 Å². The van der Waals surface area contributed by atoms with Crippen molar-refractivity contribution in [1.82, 2.24) is 9.80 Å². The van der Waals surface area contributed by atoms with Crippen LogP contribution < -0.4 is 0 Å². The van der Waals surface area contributed by atoms with E-state index in [1.54, 1.807) is 30.3 Å². The second kappa shape index (κ2) is 8.50. The number of benzene rings is 2. The SMILES string of the molecule is Cc1cc(O)c(C(O)=C2C(=O)C(=O)N(CCN(C)C)[C@H]2c2ccc(Cl)cc2)cc1C. The van der Waals surface area contributed by atoms with Gasteiger partial charge in [-0.2, -0.15) is 0 Å². The van der Waals surface area contributed by atoms with Crippen LogP contribution in [0.25, 0.3) is 5.76 Å². The molecule has 6 nitrogen and oxygen atoms in total. The Morgan fingerprint density at radius 3 is 2.30 bits per heavy atom. The number of hydrogen-bond donors (Lipinski definition) is 2. The van der Waals surface area contributed by atoms with Gasteiger partial charge in [-0.3, -0.25) is 9.59 Å². The number of amides is 1. The molecule has 158 valence electrons. The Morgan fingerprint density at radius 2 is 1.70 bits per heavy atom. The van der Waals surface area contributed by atoms with E-state index < -0.39 is 17.7 Å². The molecule has 1 saturated heterocycles. The molecular formula is C23H25ClN2O4. The van der Waals surface area contributed by atoms with Crippen molar-refractivity contribution in [2.45, 2.75) is 19.9 Å². The van der Waals surface area contributed by atoms with Crippen LogP contribution in [0.4, 0.5) is 0 Å². The molecule has 0 bridgehead atoms. The molecule has 0 aromatic heterocycles. The first-order valence-electron chi connectivity index (χ1n) is 9.61. The fraction of sp³-hybridized carbons (Fsp3) is 0.304. The normalized spacial score (nSPS) is 18.5.